The topological polar surface area (TPSA) is 55.7 Å². The quantitative estimate of drug-likeness (QED) is 0.686. The van der Waals surface area contributed by atoms with Crippen molar-refractivity contribution in [2.24, 2.45) is 0 Å². The van der Waals surface area contributed by atoms with Gasteiger partial charge in [-0.2, -0.15) is 0 Å². The highest BCUT2D eigenvalue weighted by Crippen LogP contribution is 2.31. The Morgan fingerprint density at radius 3 is 2.72 bits per heavy atom. The van der Waals surface area contributed by atoms with Gasteiger partial charge >= 0.3 is 0 Å². The number of nitrogens with one attached hydrogen (secondary N) is 1. The lowest BCUT2D eigenvalue weighted by Gasteiger charge is -2.25. The number of rotatable bonds is 2. The number of likely N-dealkylation sites (tertiary alicyclic amines) is 1. The van der Waals surface area contributed by atoms with E-state index in [9.17, 15) is 14.6 Å². The molecule has 5 heteroatoms. The average Bonchev–Trinajstić information content (AvgIpc) is 2.82. The monoisotopic (exact) mass is 252 g/mol. The minimum absolute atomic E-state index is 0.293. The van der Waals surface area contributed by atoms with Gasteiger partial charge in [0.15, 0.2) is 0 Å². The number of hydrogen-bond acceptors (Lipinski definition) is 4. The third kappa shape index (κ3) is 1.93. The van der Waals surface area contributed by atoms with E-state index in [-0.39, 0.29) is 6.04 Å². The molecule has 5 unspecified atom stereocenters. The fraction of sp³-hybridized carbons (Fsp3) is 0.538. The normalized spacial score (nSPS) is 40.1. The van der Waals surface area contributed by atoms with E-state index in [1.54, 1.807) is 0 Å². The van der Waals surface area contributed by atoms with Crippen LogP contribution in [0.5, 0.6) is 0 Å². The van der Waals surface area contributed by atoms with Crippen molar-refractivity contribution in [3.05, 3.63) is 35.9 Å². The SMILES string of the molecule is OC1NC2C(F)CN(Cc3ccccc3)C2C1O. The summed E-state index contributed by atoms with van der Waals surface area (Å²) in [5.74, 6) is 0. The molecular formula is C13H17FN2O2. The summed E-state index contributed by atoms with van der Waals surface area (Å²) in [6, 6.07) is 8.94. The van der Waals surface area contributed by atoms with Crippen LogP contribution in [0.1, 0.15) is 5.56 Å². The van der Waals surface area contributed by atoms with E-state index < -0.39 is 24.5 Å². The zero-order valence-corrected chi connectivity index (χ0v) is 9.91. The van der Waals surface area contributed by atoms with Crippen LogP contribution in [0.3, 0.4) is 0 Å². The second-order valence-electron chi connectivity index (χ2n) is 5.05. The number of benzene rings is 1. The van der Waals surface area contributed by atoms with Crippen molar-refractivity contribution in [3.63, 3.8) is 0 Å². The largest absolute Gasteiger partial charge is 0.387 e. The van der Waals surface area contributed by atoms with Gasteiger partial charge in [-0.15, -0.1) is 0 Å². The van der Waals surface area contributed by atoms with Crippen LogP contribution in [-0.2, 0) is 6.54 Å². The average molecular weight is 252 g/mol. The maximum absolute atomic E-state index is 13.9. The molecule has 0 bridgehead atoms. The molecule has 3 rings (SSSR count). The lowest BCUT2D eigenvalue weighted by molar-refractivity contribution is -0.00541. The minimum Gasteiger partial charge on any atom is -0.387 e. The van der Waals surface area contributed by atoms with E-state index in [2.05, 4.69) is 5.32 Å². The van der Waals surface area contributed by atoms with Crippen LogP contribution in [0.15, 0.2) is 30.3 Å². The second kappa shape index (κ2) is 4.59. The number of aliphatic hydroxyl groups is 2. The molecule has 0 saturated carbocycles. The Morgan fingerprint density at radius 1 is 1.28 bits per heavy atom. The molecule has 5 atom stereocenters. The third-order valence-corrected chi connectivity index (χ3v) is 3.85. The molecule has 0 radical (unpaired) electrons. The summed E-state index contributed by atoms with van der Waals surface area (Å²) in [5.41, 5.74) is 1.08. The highest BCUT2D eigenvalue weighted by atomic mass is 19.1. The van der Waals surface area contributed by atoms with Crippen LogP contribution in [0.25, 0.3) is 0 Å². The molecule has 4 nitrogen and oxygen atoms in total. The van der Waals surface area contributed by atoms with Crippen LogP contribution in [0.2, 0.25) is 0 Å². The zero-order chi connectivity index (χ0) is 12.7. The third-order valence-electron chi connectivity index (χ3n) is 3.85. The van der Waals surface area contributed by atoms with E-state index >= 15 is 0 Å². The van der Waals surface area contributed by atoms with Crippen molar-refractivity contribution in [1.82, 2.24) is 10.2 Å². The molecule has 98 valence electrons. The van der Waals surface area contributed by atoms with Crippen molar-refractivity contribution in [2.45, 2.75) is 37.1 Å². The number of nitrogens with zero attached hydrogens (tertiary/aromatic N) is 1. The first-order valence-corrected chi connectivity index (χ1v) is 6.21. The van der Waals surface area contributed by atoms with E-state index in [0.29, 0.717) is 13.1 Å². The molecule has 2 aliphatic rings. The second-order valence-corrected chi connectivity index (χ2v) is 5.05. The van der Waals surface area contributed by atoms with Crippen molar-refractivity contribution in [3.8, 4) is 0 Å². The summed E-state index contributed by atoms with van der Waals surface area (Å²) < 4.78 is 13.9. The van der Waals surface area contributed by atoms with E-state index in [1.165, 1.54) is 0 Å². The molecule has 0 spiro atoms. The summed E-state index contributed by atoms with van der Waals surface area (Å²) in [6.07, 6.45) is -3.01. The van der Waals surface area contributed by atoms with Gasteiger partial charge in [0.25, 0.3) is 0 Å². The Bertz CT molecular complexity index is 417. The summed E-state index contributed by atoms with van der Waals surface area (Å²) >= 11 is 0. The lowest BCUT2D eigenvalue weighted by atomic mass is 10.1. The Labute approximate surface area is 105 Å². The first-order chi connectivity index (χ1) is 8.66. The highest BCUT2D eigenvalue weighted by molar-refractivity contribution is 5.17. The fourth-order valence-electron chi connectivity index (χ4n) is 3.00. The van der Waals surface area contributed by atoms with Crippen LogP contribution < -0.4 is 5.32 Å². The molecular weight excluding hydrogens is 235 g/mol. The van der Waals surface area contributed by atoms with Gasteiger partial charge in [-0.25, -0.2) is 4.39 Å². The molecule has 2 saturated heterocycles. The van der Waals surface area contributed by atoms with Crippen LogP contribution in [0.4, 0.5) is 4.39 Å². The maximum Gasteiger partial charge on any atom is 0.133 e. The van der Waals surface area contributed by atoms with Crippen molar-refractivity contribution in [1.29, 1.82) is 0 Å². The summed E-state index contributed by atoms with van der Waals surface area (Å²) in [4.78, 5) is 1.90. The Kier molecular flexibility index (Phi) is 3.07. The molecule has 0 amide bonds. The summed E-state index contributed by atoms with van der Waals surface area (Å²) in [6.45, 7) is 0.884. The van der Waals surface area contributed by atoms with E-state index in [0.717, 1.165) is 5.56 Å². The van der Waals surface area contributed by atoms with Gasteiger partial charge in [0.05, 0.1) is 12.1 Å². The Hall–Kier alpha value is -1.01. The molecule has 3 N–H and O–H groups in total. The molecule has 1 aromatic carbocycles. The molecule has 1 aromatic rings. The van der Waals surface area contributed by atoms with Gasteiger partial charge in [0, 0.05) is 13.1 Å². The fourth-order valence-corrected chi connectivity index (χ4v) is 3.00. The smallest absolute Gasteiger partial charge is 0.133 e. The van der Waals surface area contributed by atoms with Gasteiger partial charge in [-0.1, -0.05) is 30.3 Å². The van der Waals surface area contributed by atoms with E-state index in [4.69, 9.17) is 0 Å². The van der Waals surface area contributed by atoms with Gasteiger partial charge in [0.1, 0.15) is 18.5 Å². The molecule has 18 heavy (non-hydrogen) atoms. The number of alkyl halides is 1. The van der Waals surface area contributed by atoms with Gasteiger partial charge < -0.3 is 10.2 Å². The van der Waals surface area contributed by atoms with Crippen LogP contribution in [0, 0.1) is 0 Å². The van der Waals surface area contributed by atoms with Gasteiger partial charge in [0.2, 0.25) is 0 Å². The first kappa shape index (κ1) is 12.0. The van der Waals surface area contributed by atoms with Crippen molar-refractivity contribution < 1.29 is 14.6 Å². The van der Waals surface area contributed by atoms with Crippen molar-refractivity contribution in [2.75, 3.05) is 6.54 Å². The lowest BCUT2D eigenvalue weighted by Crippen LogP contribution is -2.42. The van der Waals surface area contributed by atoms with Gasteiger partial charge in [-0.3, -0.25) is 10.2 Å². The molecule has 2 heterocycles. The molecule has 2 fully saturated rings. The maximum atomic E-state index is 13.9. The summed E-state index contributed by atoms with van der Waals surface area (Å²) in [5, 5.41) is 22.2. The van der Waals surface area contributed by atoms with E-state index in [1.807, 2.05) is 35.2 Å². The van der Waals surface area contributed by atoms with Crippen molar-refractivity contribution >= 4 is 0 Å². The Morgan fingerprint density at radius 2 is 2.00 bits per heavy atom. The van der Waals surface area contributed by atoms with Crippen LogP contribution in [-0.4, -0.2) is 52.2 Å². The number of hydrogen-bond donors (Lipinski definition) is 3. The predicted molar refractivity (Wildman–Crippen MR) is 64.5 cm³/mol. The number of aliphatic hydroxyl groups excluding tert-OH is 2. The zero-order valence-electron chi connectivity index (χ0n) is 9.91. The molecule has 0 aliphatic carbocycles. The molecule has 0 aromatic heterocycles. The van der Waals surface area contributed by atoms with Crippen LogP contribution >= 0.6 is 0 Å². The number of fused-ring (bicyclic) bond motifs is 1. The highest BCUT2D eigenvalue weighted by Gasteiger charge is 2.53. The number of halogens is 1. The first-order valence-electron chi connectivity index (χ1n) is 6.21. The van der Waals surface area contributed by atoms with Gasteiger partial charge in [-0.05, 0) is 5.56 Å². The molecule has 2 aliphatic heterocycles. The predicted octanol–water partition coefficient (Wildman–Crippen LogP) is -0.140. The standard InChI is InChI=1S/C13H17FN2O2/c14-9-7-16(6-8-4-2-1-3-5-8)11-10(9)15-13(18)12(11)17/h1-5,9-13,15,17-18H,6-7H2. The summed E-state index contributed by atoms with van der Waals surface area (Å²) in [7, 11) is 0. The minimum atomic E-state index is -1.05. The Balaban J connectivity index is 1.77.